The van der Waals surface area contributed by atoms with Crippen molar-refractivity contribution in [2.75, 3.05) is 0 Å². The zero-order valence-electron chi connectivity index (χ0n) is 9.44. The van der Waals surface area contributed by atoms with Gasteiger partial charge in [-0.3, -0.25) is 0 Å². The molecule has 0 radical (unpaired) electrons. The maximum atomic E-state index is 4.48. The van der Waals surface area contributed by atoms with Crippen molar-refractivity contribution in [1.29, 1.82) is 0 Å². The summed E-state index contributed by atoms with van der Waals surface area (Å²) in [4.78, 5) is 0. The summed E-state index contributed by atoms with van der Waals surface area (Å²) in [5.41, 5.74) is 11.0. The van der Waals surface area contributed by atoms with Gasteiger partial charge in [-0.25, -0.2) is 4.68 Å². The molecular weight excluding hydrogens is 259 g/mol. The van der Waals surface area contributed by atoms with Gasteiger partial charge in [0, 0.05) is 0 Å². The van der Waals surface area contributed by atoms with Crippen molar-refractivity contribution < 1.29 is 36.3 Å². The molecule has 1 heterocycles. The minimum atomic E-state index is 0. The molecule has 0 saturated heterocycles. The van der Waals surface area contributed by atoms with E-state index in [0.717, 1.165) is 23.6 Å². The van der Waals surface area contributed by atoms with E-state index in [2.05, 4.69) is 22.6 Å². The standard InChI is InChI=1S/C11H14N4.2ClH/c12-7-9-6-11(8-13)15(14-9)10-4-2-1-3-5-10;;/h1-6H,7-8,12-13H2;2*1H. The lowest BCUT2D eigenvalue weighted by Crippen LogP contribution is -3.00. The molecule has 0 aliphatic rings. The molecule has 17 heavy (non-hydrogen) atoms. The Kier molecular flexibility index (Phi) is 6.83. The predicted molar refractivity (Wildman–Crippen MR) is 56.7 cm³/mol. The number of nitrogens with zero attached hydrogens (tertiary/aromatic N) is 2. The molecule has 0 aliphatic carbocycles. The number of halogens is 2. The number of rotatable bonds is 3. The van der Waals surface area contributed by atoms with E-state index in [1.807, 2.05) is 35.0 Å². The first kappa shape index (κ1) is 15.9. The van der Waals surface area contributed by atoms with E-state index >= 15 is 0 Å². The highest BCUT2D eigenvalue weighted by atomic mass is 35.5. The Morgan fingerprint density at radius 1 is 1.00 bits per heavy atom. The first-order chi connectivity index (χ1) is 7.35. The fourth-order valence-corrected chi connectivity index (χ4v) is 1.57. The van der Waals surface area contributed by atoms with Crippen LogP contribution in [0.15, 0.2) is 36.4 Å². The van der Waals surface area contributed by atoms with Crippen LogP contribution in [0.5, 0.6) is 0 Å². The predicted octanol–water partition coefficient (Wildman–Crippen LogP) is -6.64. The lowest BCUT2D eigenvalue weighted by molar-refractivity contribution is -0.388. The summed E-state index contributed by atoms with van der Waals surface area (Å²) < 4.78 is 1.94. The Bertz CT molecular complexity index is 442. The minimum Gasteiger partial charge on any atom is -1.00 e. The van der Waals surface area contributed by atoms with Crippen molar-refractivity contribution >= 4 is 0 Å². The van der Waals surface area contributed by atoms with Crippen molar-refractivity contribution in [2.24, 2.45) is 0 Å². The summed E-state index contributed by atoms with van der Waals surface area (Å²) in [7, 11) is 0. The van der Waals surface area contributed by atoms with Gasteiger partial charge in [0.15, 0.2) is 0 Å². The Hall–Kier alpha value is -1.07. The summed E-state index contributed by atoms with van der Waals surface area (Å²) in [5, 5.41) is 4.48. The van der Waals surface area contributed by atoms with Crippen LogP contribution in [0.1, 0.15) is 11.4 Å². The molecule has 6 N–H and O–H groups in total. The third-order valence-electron chi connectivity index (χ3n) is 2.35. The number of quaternary nitrogens is 2. The molecule has 2 rings (SSSR count). The molecule has 0 aliphatic heterocycles. The maximum Gasteiger partial charge on any atom is 0.119 e. The molecule has 6 heteroatoms. The normalized spacial score (nSPS) is 9.29. The summed E-state index contributed by atoms with van der Waals surface area (Å²) in [6.07, 6.45) is 0. The van der Waals surface area contributed by atoms with Crippen LogP contribution in [0.3, 0.4) is 0 Å². The van der Waals surface area contributed by atoms with Crippen molar-refractivity contribution in [1.82, 2.24) is 9.78 Å². The Morgan fingerprint density at radius 2 is 1.65 bits per heavy atom. The highest BCUT2D eigenvalue weighted by Crippen LogP contribution is 2.11. The van der Waals surface area contributed by atoms with Gasteiger partial charge >= 0.3 is 0 Å². The van der Waals surface area contributed by atoms with E-state index in [0.29, 0.717) is 6.54 Å². The molecule has 0 spiro atoms. The zero-order valence-corrected chi connectivity index (χ0v) is 11.0. The first-order valence-corrected chi connectivity index (χ1v) is 5.07. The SMILES string of the molecule is [Cl-].[Cl-].[NH3+]Cc1cc(C[NH3+])n(-c2ccccc2)n1. The van der Waals surface area contributed by atoms with E-state index in [-0.39, 0.29) is 24.8 Å². The molecule has 0 bridgehead atoms. The van der Waals surface area contributed by atoms with Gasteiger partial charge in [0.05, 0.1) is 11.4 Å². The number of hydrogen-bond acceptors (Lipinski definition) is 1. The van der Waals surface area contributed by atoms with Crippen LogP contribution < -0.4 is 36.3 Å². The van der Waals surface area contributed by atoms with Crippen LogP contribution in [-0.4, -0.2) is 9.78 Å². The van der Waals surface area contributed by atoms with Crippen LogP contribution >= 0.6 is 0 Å². The smallest absolute Gasteiger partial charge is 0.119 e. The minimum absolute atomic E-state index is 0. The topological polar surface area (TPSA) is 73.1 Å². The molecule has 0 saturated carbocycles. The number of benzene rings is 1. The molecule has 0 atom stereocenters. The van der Waals surface area contributed by atoms with E-state index < -0.39 is 0 Å². The highest BCUT2D eigenvalue weighted by Gasteiger charge is 2.08. The Morgan fingerprint density at radius 3 is 2.18 bits per heavy atom. The molecule has 1 aromatic heterocycles. The van der Waals surface area contributed by atoms with Crippen molar-refractivity contribution in [3.63, 3.8) is 0 Å². The summed E-state index contributed by atoms with van der Waals surface area (Å²) in [6, 6.07) is 12.2. The molecule has 0 amide bonds. The van der Waals surface area contributed by atoms with Crippen molar-refractivity contribution in [3.05, 3.63) is 47.8 Å². The number of para-hydroxylation sites is 1. The van der Waals surface area contributed by atoms with Gasteiger partial charge in [-0.1, -0.05) is 18.2 Å². The van der Waals surface area contributed by atoms with E-state index in [9.17, 15) is 0 Å². The van der Waals surface area contributed by atoms with Gasteiger partial charge < -0.3 is 36.3 Å². The third kappa shape index (κ3) is 3.44. The molecular formula is C11H16Cl2N4. The fourth-order valence-electron chi connectivity index (χ4n) is 1.57. The molecule has 1 aromatic carbocycles. The van der Waals surface area contributed by atoms with Crippen molar-refractivity contribution in [2.45, 2.75) is 13.1 Å². The van der Waals surface area contributed by atoms with E-state index in [1.54, 1.807) is 0 Å². The maximum absolute atomic E-state index is 4.48. The molecule has 94 valence electrons. The van der Waals surface area contributed by atoms with Gasteiger partial charge in [0.1, 0.15) is 18.8 Å². The van der Waals surface area contributed by atoms with E-state index in [1.165, 1.54) is 0 Å². The molecule has 0 fully saturated rings. The lowest BCUT2D eigenvalue weighted by Gasteiger charge is -2.03. The Balaban J connectivity index is 0.00000128. The second kappa shape index (κ2) is 7.29. The fraction of sp³-hybridized carbons (Fsp3) is 0.182. The molecule has 4 nitrogen and oxygen atoms in total. The summed E-state index contributed by atoms with van der Waals surface area (Å²) >= 11 is 0. The summed E-state index contributed by atoms with van der Waals surface area (Å²) in [5.74, 6) is 0. The highest BCUT2D eigenvalue weighted by molar-refractivity contribution is 5.33. The Labute approximate surface area is 113 Å². The lowest BCUT2D eigenvalue weighted by atomic mass is 10.3. The van der Waals surface area contributed by atoms with Crippen LogP contribution in [0.2, 0.25) is 0 Å². The summed E-state index contributed by atoms with van der Waals surface area (Å²) in [6.45, 7) is 1.45. The quantitative estimate of drug-likeness (QED) is 0.574. The molecule has 2 aromatic rings. The average Bonchev–Trinajstić information content (AvgIpc) is 2.73. The largest absolute Gasteiger partial charge is 1.00 e. The number of aromatic nitrogens is 2. The van der Waals surface area contributed by atoms with Crippen LogP contribution in [0.4, 0.5) is 0 Å². The zero-order chi connectivity index (χ0) is 10.7. The third-order valence-corrected chi connectivity index (χ3v) is 2.35. The van der Waals surface area contributed by atoms with Crippen LogP contribution in [-0.2, 0) is 13.1 Å². The average molecular weight is 275 g/mol. The monoisotopic (exact) mass is 274 g/mol. The van der Waals surface area contributed by atoms with Crippen LogP contribution in [0, 0.1) is 0 Å². The van der Waals surface area contributed by atoms with Gasteiger partial charge in [0.2, 0.25) is 0 Å². The van der Waals surface area contributed by atoms with Gasteiger partial charge in [0.25, 0.3) is 0 Å². The van der Waals surface area contributed by atoms with Gasteiger partial charge in [-0.05, 0) is 18.2 Å². The number of hydrogen-bond donors (Lipinski definition) is 2. The van der Waals surface area contributed by atoms with Gasteiger partial charge in [-0.15, -0.1) is 0 Å². The first-order valence-electron chi connectivity index (χ1n) is 5.07. The van der Waals surface area contributed by atoms with Gasteiger partial charge in [-0.2, -0.15) is 5.10 Å². The van der Waals surface area contributed by atoms with Crippen molar-refractivity contribution in [3.8, 4) is 5.69 Å². The van der Waals surface area contributed by atoms with Crippen LogP contribution in [0.25, 0.3) is 5.69 Å². The van der Waals surface area contributed by atoms with E-state index in [4.69, 9.17) is 0 Å². The second-order valence-electron chi connectivity index (χ2n) is 3.37. The molecule has 0 unspecified atom stereocenters. The second-order valence-corrected chi connectivity index (χ2v) is 3.37.